The van der Waals surface area contributed by atoms with Crippen molar-refractivity contribution in [2.45, 2.75) is 25.2 Å². The van der Waals surface area contributed by atoms with E-state index in [0.717, 1.165) is 0 Å². The molecular formula is C14H24N2O4S. The summed E-state index contributed by atoms with van der Waals surface area (Å²) >= 11 is 0. The first-order valence-electron chi connectivity index (χ1n) is 6.81. The lowest BCUT2D eigenvalue weighted by Gasteiger charge is -2.13. The normalized spacial score (nSPS) is 11.8. The summed E-state index contributed by atoms with van der Waals surface area (Å²) in [5.41, 5.74) is 7.57. The highest BCUT2D eigenvalue weighted by atomic mass is 32.2. The number of rotatable bonds is 9. The van der Waals surface area contributed by atoms with Crippen molar-refractivity contribution in [2.24, 2.45) is 0 Å². The molecular weight excluding hydrogens is 292 g/mol. The van der Waals surface area contributed by atoms with Crippen LogP contribution in [-0.4, -0.2) is 41.9 Å². The first kappa shape index (κ1) is 17.9. The molecule has 1 aromatic rings. The number of anilines is 1. The number of methoxy groups -OCH3 is 1. The Morgan fingerprint density at radius 1 is 1.14 bits per heavy atom. The van der Waals surface area contributed by atoms with Gasteiger partial charge < -0.3 is 15.2 Å². The summed E-state index contributed by atoms with van der Waals surface area (Å²) in [6, 6.07) is 3.32. The van der Waals surface area contributed by atoms with Gasteiger partial charge in [0.25, 0.3) is 0 Å². The molecule has 21 heavy (non-hydrogen) atoms. The fourth-order valence-electron chi connectivity index (χ4n) is 2.10. The van der Waals surface area contributed by atoms with Gasteiger partial charge in [-0.3, -0.25) is 0 Å². The average Bonchev–Trinajstić information content (AvgIpc) is 2.35. The van der Waals surface area contributed by atoms with Gasteiger partial charge in [-0.25, -0.2) is 13.1 Å². The molecule has 0 unspecified atom stereocenters. The Balaban J connectivity index is 2.55. The molecule has 0 fully saturated rings. The van der Waals surface area contributed by atoms with Gasteiger partial charge in [0.1, 0.15) is 0 Å². The summed E-state index contributed by atoms with van der Waals surface area (Å²) in [7, 11) is -1.92. The van der Waals surface area contributed by atoms with Crippen molar-refractivity contribution in [1.82, 2.24) is 4.72 Å². The third-order valence-electron chi connectivity index (χ3n) is 2.94. The molecule has 0 bridgehead atoms. The van der Waals surface area contributed by atoms with Crippen molar-refractivity contribution in [3.8, 4) is 0 Å². The summed E-state index contributed by atoms with van der Waals surface area (Å²) in [6.45, 7) is 5.36. The lowest BCUT2D eigenvalue weighted by atomic mass is 10.1. The summed E-state index contributed by atoms with van der Waals surface area (Å²) in [4.78, 5) is 0.303. The molecule has 0 amide bonds. The fraction of sp³-hybridized carbons (Fsp3) is 0.571. The van der Waals surface area contributed by atoms with Gasteiger partial charge in [0.05, 0.1) is 18.1 Å². The van der Waals surface area contributed by atoms with Gasteiger partial charge in [0.2, 0.25) is 10.0 Å². The zero-order valence-corrected chi connectivity index (χ0v) is 13.6. The Labute approximate surface area is 126 Å². The number of benzene rings is 1. The second-order valence-corrected chi connectivity index (χ2v) is 6.54. The number of sulfonamides is 1. The van der Waals surface area contributed by atoms with Crippen molar-refractivity contribution in [3.05, 3.63) is 23.3 Å². The highest BCUT2D eigenvalue weighted by Crippen LogP contribution is 2.22. The molecule has 0 radical (unpaired) electrons. The van der Waals surface area contributed by atoms with Crippen LogP contribution in [0.25, 0.3) is 0 Å². The topological polar surface area (TPSA) is 90.6 Å². The van der Waals surface area contributed by atoms with Gasteiger partial charge in [-0.05, 0) is 43.5 Å². The Hall–Kier alpha value is -1.15. The molecule has 0 aliphatic heterocycles. The van der Waals surface area contributed by atoms with Crippen molar-refractivity contribution in [3.63, 3.8) is 0 Å². The molecule has 0 saturated carbocycles. The smallest absolute Gasteiger partial charge is 0.241 e. The molecule has 7 heteroatoms. The number of hydrogen-bond acceptors (Lipinski definition) is 5. The van der Waals surface area contributed by atoms with Crippen LogP contribution in [0, 0.1) is 13.8 Å². The van der Waals surface area contributed by atoms with E-state index >= 15 is 0 Å². The molecule has 0 aromatic heterocycles. The van der Waals surface area contributed by atoms with E-state index in [-0.39, 0.29) is 0 Å². The van der Waals surface area contributed by atoms with Gasteiger partial charge in [0, 0.05) is 25.9 Å². The molecule has 120 valence electrons. The van der Waals surface area contributed by atoms with Crippen LogP contribution in [0.4, 0.5) is 5.69 Å². The number of ether oxygens (including phenoxy) is 2. The molecule has 0 heterocycles. The highest BCUT2D eigenvalue weighted by Gasteiger charge is 2.19. The van der Waals surface area contributed by atoms with E-state index in [2.05, 4.69) is 4.72 Å². The molecule has 6 nitrogen and oxygen atoms in total. The van der Waals surface area contributed by atoms with E-state index in [0.29, 0.717) is 54.5 Å². The molecule has 1 rings (SSSR count). The van der Waals surface area contributed by atoms with Crippen LogP contribution in [0.15, 0.2) is 17.0 Å². The Morgan fingerprint density at radius 2 is 1.76 bits per heavy atom. The van der Waals surface area contributed by atoms with Crippen LogP contribution < -0.4 is 10.5 Å². The third-order valence-corrected chi connectivity index (χ3v) is 4.71. The maximum atomic E-state index is 12.3. The number of nitrogen functional groups attached to an aromatic ring is 1. The standard InChI is InChI=1S/C14H24N2O4S/c1-11-9-13(15)10-12(2)14(11)21(17,18)16-5-4-6-20-8-7-19-3/h9-10,16H,4-8,15H2,1-3H3. The van der Waals surface area contributed by atoms with Crippen molar-refractivity contribution in [1.29, 1.82) is 0 Å². The van der Waals surface area contributed by atoms with Crippen LogP contribution in [0.1, 0.15) is 17.5 Å². The molecule has 1 aromatic carbocycles. The van der Waals surface area contributed by atoms with E-state index in [1.54, 1.807) is 33.1 Å². The minimum absolute atomic E-state index is 0.303. The maximum Gasteiger partial charge on any atom is 0.241 e. The predicted octanol–water partition coefficient (Wildman–Crippen LogP) is 1.22. The van der Waals surface area contributed by atoms with Crippen molar-refractivity contribution in [2.75, 3.05) is 39.2 Å². The quantitative estimate of drug-likeness (QED) is 0.528. The Morgan fingerprint density at radius 3 is 2.33 bits per heavy atom. The second kappa shape index (κ2) is 8.33. The number of nitrogens with one attached hydrogen (secondary N) is 1. The lowest BCUT2D eigenvalue weighted by Crippen LogP contribution is -2.27. The van der Waals surface area contributed by atoms with Crippen molar-refractivity contribution < 1.29 is 17.9 Å². The molecule has 0 aliphatic rings. The molecule has 0 aliphatic carbocycles. The first-order chi connectivity index (χ1) is 9.88. The molecule has 0 spiro atoms. The van der Waals surface area contributed by atoms with E-state index in [9.17, 15) is 8.42 Å². The third kappa shape index (κ3) is 5.62. The number of nitrogens with two attached hydrogens (primary N) is 1. The largest absolute Gasteiger partial charge is 0.399 e. The van der Waals surface area contributed by atoms with Gasteiger partial charge in [0.15, 0.2) is 0 Å². The van der Waals surface area contributed by atoms with Crippen LogP contribution >= 0.6 is 0 Å². The molecule has 0 atom stereocenters. The van der Waals surface area contributed by atoms with E-state index in [4.69, 9.17) is 15.2 Å². The summed E-state index contributed by atoms with van der Waals surface area (Å²) in [5, 5.41) is 0. The van der Waals surface area contributed by atoms with Gasteiger partial charge in [-0.2, -0.15) is 0 Å². The second-order valence-electron chi connectivity index (χ2n) is 4.84. The highest BCUT2D eigenvalue weighted by molar-refractivity contribution is 7.89. The Bertz CT molecular complexity index is 535. The predicted molar refractivity (Wildman–Crippen MR) is 82.8 cm³/mol. The van der Waals surface area contributed by atoms with E-state index in [1.165, 1.54) is 0 Å². The SMILES string of the molecule is COCCOCCCNS(=O)(=O)c1c(C)cc(N)cc1C. The molecule has 3 N–H and O–H groups in total. The molecule has 0 saturated heterocycles. The minimum atomic E-state index is -3.52. The summed E-state index contributed by atoms with van der Waals surface area (Å²) in [5.74, 6) is 0. The first-order valence-corrected chi connectivity index (χ1v) is 8.30. The van der Waals surface area contributed by atoms with Crippen molar-refractivity contribution >= 4 is 15.7 Å². The Kier molecular flexibility index (Phi) is 7.10. The van der Waals surface area contributed by atoms with Gasteiger partial charge in [-0.15, -0.1) is 0 Å². The van der Waals surface area contributed by atoms with Gasteiger partial charge >= 0.3 is 0 Å². The maximum absolute atomic E-state index is 12.3. The zero-order valence-electron chi connectivity index (χ0n) is 12.8. The van der Waals surface area contributed by atoms with Crippen LogP contribution in [-0.2, 0) is 19.5 Å². The fourth-order valence-corrected chi connectivity index (χ4v) is 3.63. The van der Waals surface area contributed by atoms with Crippen LogP contribution in [0.2, 0.25) is 0 Å². The summed E-state index contributed by atoms with van der Waals surface area (Å²) < 4.78 is 37.3. The number of hydrogen-bond donors (Lipinski definition) is 2. The zero-order chi connectivity index (χ0) is 15.9. The van der Waals surface area contributed by atoms with E-state index in [1.807, 2.05) is 0 Å². The summed E-state index contributed by atoms with van der Waals surface area (Å²) in [6.07, 6.45) is 0.607. The van der Waals surface area contributed by atoms with Crippen LogP contribution in [0.3, 0.4) is 0 Å². The van der Waals surface area contributed by atoms with Crippen LogP contribution in [0.5, 0.6) is 0 Å². The van der Waals surface area contributed by atoms with E-state index < -0.39 is 10.0 Å². The van der Waals surface area contributed by atoms with Gasteiger partial charge in [-0.1, -0.05) is 0 Å². The minimum Gasteiger partial charge on any atom is -0.399 e. The lowest BCUT2D eigenvalue weighted by molar-refractivity contribution is 0.0699. The number of aryl methyl sites for hydroxylation is 2. The average molecular weight is 316 g/mol. The monoisotopic (exact) mass is 316 g/mol.